The molecule has 1 aromatic rings. The predicted molar refractivity (Wildman–Crippen MR) is 102 cm³/mol. The number of ether oxygens (including phenoxy) is 1. The average molecular weight is 319 g/mol. The van der Waals surface area contributed by atoms with Crippen molar-refractivity contribution in [2.75, 3.05) is 7.11 Å². The van der Waals surface area contributed by atoms with Gasteiger partial charge in [0.05, 0.1) is 6.10 Å². The molecule has 0 heterocycles. The Kier molecular flexibility index (Phi) is 6.89. The molecule has 0 aliphatic heterocycles. The van der Waals surface area contributed by atoms with Crippen molar-refractivity contribution in [2.45, 2.75) is 80.3 Å². The Hall–Kier alpha value is -0.820. The maximum absolute atomic E-state index is 5.87. The van der Waals surface area contributed by atoms with Crippen LogP contribution in [0.4, 0.5) is 0 Å². The van der Waals surface area contributed by atoms with E-state index in [1.54, 1.807) is 0 Å². The third-order valence-electron chi connectivity index (χ3n) is 4.59. The zero-order chi connectivity index (χ0) is 17.8. The molecule has 0 aliphatic carbocycles. The quantitative estimate of drug-likeness (QED) is 0.526. The van der Waals surface area contributed by atoms with E-state index in [1.807, 2.05) is 7.11 Å². The lowest BCUT2D eigenvalue weighted by molar-refractivity contribution is 0.0323. The first-order valence-electron chi connectivity index (χ1n) is 9.08. The summed E-state index contributed by atoms with van der Waals surface area (Å²) in [6.07, 6.45) is 2.58. The SMILES string of the molecule is COC(c1ccc(C(C)C)cc1)C(C)CC(C)(C)CC(C)(C)C. The van der Waals surface area contributed by atoms with Crippen LogP contribution < -0.4 is 0 Å². The Morgan fingerprint density at radius 3 is 1.74 bits per heavy atom. The molecule has 1 aromatic carbocycles. The van der Waals surface area contributed by atoms with Gasteiger partial charge in [0, 0.05) is 7.11 Å². The van der Waals surface area contributed by atoms with Crippen LogP contribution in [-0.4, -0.2) is 7.11 Å². The molecule has 0 N–H and O–H groups in total. The second kappa shape index (κ2) is 7.83. The molecular formula is C22H38O. The summed E-state index contributed by atoms with van der Waals surface area (Å²) in [5.74, 6) is 1.08. The van der Waals surface area contributed by atoms with E-state index in [1.165, 1.54) is 24.0 Å². The number of benzene rings is 1. The van der Waals surface area contributed by atoms with Gasteiger partial charge < -0.3 is 4.74 Å². The molecule has 0 saturated heterocycles. The van der Waals surface area contributed by atoms with Crippen LogP contribution in [0.2, 0.25) is 0 Å². The molecule has 2 atom stereocenters. The van der Waals surface area contributed by atoms with Crippen LogP contribution in [0.1, 0.15) is 91.4 Å². The first kappa shape index (κ1) is 20.2. The van der Waals surface area contributed by atoms with Crippen molar-refractivity contribution in [1.82, 2.24) is 0 Å². The van der Waals surface area contributed by atoms with E-state index in [0.29, 0.717) is 22.7 Å². The van der Waals surface area contributed by atoms with E-state index in [-0.39, 0.29) is 6.10 Å². The minimum Gasteiger partial charge on any atom is -0.376 e. The first-order valence-corrected chi connectivity index (χ1v) is 9.08. The normalized spacial score (nSPS) is 15.7. The van der Waals surface area contributed by atoms with Gasteiger partial charge in [0.1, 0.15) is 0 Å². The van der Waals surface area contributed by atoms with Crippen LogP contribution in [0.5, 0.6) is 0 Å². The Morgan fingerprint density at radius 1 is 0.870 bits per heavy atom. The summed E-state index contributed by atoms with van der Waals surface area (Å²) in [5, 5.41) is 0. The molecule has 0 bridgehead atoms. The van der Waals surface area contributed by atoms with E-state index in [4.69, 9.17) is 4.74 Å². The van der Waals surface area contributed by atoms with E-state index in [0.717, 1.165) is 0 Å². The summed E-state index contributed by atoms with van der Waals surface area (Å²) in [7, 11) is 1.84. The van der Waals surface area contributed by atoms with E-state index >= 15 is 0 Å². The van der Waals surface area contributed by atoms with E-state index in [9.17, 15) is 0 Å². The molecule has 0 spiro atoms. The molecule has 0 aromatic heterocycles. The number of hydrogen-bond acceptors (Lipinski definition) is 1. The monoisotopic (exact) mass is 318 g/mol. The Bertz CT molecular complexity index is 462. The highest BCUT2D eigenvalue weighted by Crippen LogP contribution is 2.41. The molecule has 2 unspecified atom stereocenters. The third kappa shape index (κ3) is 6.67. The fourth-order valence-corrected chi connectivity index (χ4v) is 4.25. The van der Waals surface area contributed by atoms with Gasteiger partial charge in [-0.15, -0.1) is 0 Å². The highest BCUT2D eigenvalue weighted by molar-refractivity contribution is 5.26. The topological polar surface area (TPSA) is 9.23 Å². The van der Waals surface area contributed by atoms with Crippen LogP contribution in [0, 0.1) is 16.7 Å². The van der Waals surface area contributed by atoms with Gasteiger partial charge in [-0.3, -0.25) is 0 Å². The molecule has 0 saturated carbocycles. The minimum atomic E-state index is 0.176. The van der Waals surface area contributed by atoms with Gasteiger partial charge in [0.2, 0.25) is 0 Å². The molecule has 0 radical (unpaired) electrons. The van der Waals surface area contributed by atoms with Gasteiger partial charge in [-0.05, 0) is 46.6 Å². The van der Waals surface area contributed by atoms with Gasteiger partial charge in [-0.2, -0.15) is 0 Å². The van der Waals surface area contributed by atoms with E-state index < -0.39 is 0 Å². The molecule has 0 aliphatic rings. The largest absolute Gasteiger partial charge is 0.376 e. The summed E-state index contributed by atoms with van der Waals surface area (Å²) in [6, 6.07) is 8.99. The zero-order valence-electron chi connectivity index (χ0n) is 16.9. The molecule has 0 fully saturated rings. The zero-order valence-corrected chi connectivity index (χ0v) is 16.9. The molecule has 0 amide bonds. The van der Waals surface area contributed by atoms with Gasteiger partial charge in [-0.1, -0.05) is 79.7 Å². The molecule has 23 heavy (non-hydrogen) atoms. The smallest absolute Gasteiger partial charge is 0.0846 e. The van der Waals surface area contributed by atoms with Crippen molar-refractivity contribution in [1.29, 1.82) is 0 Å². The van der Waals surface area contributed by atoms with Crippen molar-refractivity contribution in [2.24, 2.45) is 16.7 Å². The summed E-state index contributed by atoms with van der Waals surface area (Å²) >= 11 is 0. The molecule has 132 valence electrons. The van der Waals surface area contributed by atoms with Crippen LogP contribution >= 0.6 is 0 Å². The lowest BCUT2D eigenvalue weighted by Gasteiger charge is -2.36. The summed E-state index contributed by atoms with van der Waals surface area (Å²) in [4.78, 5) is 0. The fraction of sp³-hybridized carbons (Fsp3) is 0.727. The van der Waals surface area contributed by atoms with Gasteiger partial charge >= 0.3 is 0 Å². The number of rotatable bonds is 7. The van der Waals surface area contributed by atoms with E-state index in [2.05, 4.69) is 79.7 Å². The first-order chi connectivity index (χ1) is 10.4. The van der Waals surface area contributed by atoms with Gasteiger partial charge in [0.15, 0.2) is 0 Å². The highest BCUT2D eigenvalue weighted by atomic mass is 16.5. The lowest BCUT2D eigenvalue weighted by atomic mass is 9.71. The van der Waals surface area contributed by atoms with Gasteiger partial charge in [-0.25, -0.2) is 0 Å². The number of methoxy groups -OCH3 is 1. The summed E-state index contributed by atoms with van der Waals surface area (Å²) < 4.78 is 5.87. The van der Waals surface area contributed by atoms with Crippen LogP contribution in [0.3, 0.4) is 0 Å². The summed E-state index contributed by atoms with van der Waals surface area (Å²) in [5.41, 5.74) is 3.39. The Labute approximate surface area is 144 Å². The molecular weight excluding hydrogens is 280 g/mol. The standard InChI is InChI=1S/C22H38O/c1-16(2)18-10-12-19(13-11-18)20(23-9)17(3)14-22(7,8)15-21(4,5)6/h10-13,16-17,20H,14-15H2,1-9H3. The second-order valence-electron chi connectivity index (χ2n) is 9.56. The average Bonchev–Trinajstić information content (AvgIpc) is 2.36. The van der Waals surface area contributed by atoms with Crippen molar-refractivity contribution in [3.63, 3.8) is 0 Å². The predicted octanol–water partition coefficient (Wildman–Crippen LogP) is 6.99. The molecule has 1 rings (SSSR count). The maximum atomic E-state index is 5.87. The highest BCUT2D eigenvalue weighted by Gasteiger charge is 2.30. The fourth-order valence-electron chi connectivity index (χ4n) is 4.25. The maximum Gasteiger partial charge on any atom is 0.0846 e. The van der Waals surface area contributed by atoms with Crippen molar-refractivity contribution < 1.29 is 4.74 Å². The number of hydrogen-bond donors (Lipinski definition) is 0. The van der Waals surface area contributed by atoms with Crippen molar-refractivity contribution in [3.05, 3.63) is 35.4 Å². The van der Waals surface area contributed by atoms with Crippen LogP contribution in [0.25, 0.3) is 0 Å². The van der Waals surface area contributed by atoms with Crippen LogP contribution in [0.15, 0.2) is 24.3 Å². The Morgan fingerprint density at radius 2 is 1.35 bits per heavy atom. The Balaban J connectivity index is 2.84. The second-order valence-corrected chi connectivity index (χ2v) is 9.56. The third-order valence-corrected chi connectivity index (χ3v) is 4.59. The summed E-state index contributed by atoms with van der Waals surface area (Å²) in [6.45, 7) is 18.6. The minimum absolute atomic E-state index is 0.176. The van der Waals surface area contributed by atoms with Crippen LogP contribution in [-0.2, 0) is 4.74 Å². The lowest BCUT2D eigenvalue weighted by Crippen LogP contribution is -2.25. The molecule has 1 nitrogen and oxygen atoms in total. The van der Waals surface area contributed by atoms with Crippen molar-refractivity contribution in [3.8, 4) is 0 Å². The van der Waals surface area contributed by atoms with Crippen molar-refractivity contribution >= 4 is 0 Å². The van der Waals surface area contributed by atoms with Gasteiger partial charge in [0.25, 0.3) is 0 Å². The molecule has 1 heteroatoms.